The van der Waals surface area contributed by atoms with Crippen LogP contribution in [0, 0.1) is 11.6 Å². The summed E-state index contributed by atoms with van der Waals surface area (Å²) in [6.45, 7) is 1.36. The van der Waals surface area contributed by atoms with E-state index in [0.29, 0.717) is 25.9 Å². The smallest absolute Gasteiger partial charge is 0.325 e. The minimum atomic E-state index is -0.758. The van der Waals surface area contributed by atoms with Crippen LogP contribution in [0.3, 0.4) is 0 Å². The molecule has 2 aliphatic heterocycles. The number of imide groups is 1. The lowest BCUT2D eigenvalue weighted by atomic mass is 9.98. The van der Waals surface area contributed by atoms with E-state index in [9.17, 15) is 23.2 Å². The lowest BCUT2D eigenvalue weighted by molar-refractivity contribution is -0.131. The minimum Gasteiger partial charge on any atom is -0.367 e. The first-order valence-corrected chi connectivity index (χ1v) is 10.6. The van der Waals surface area contributed by atoms with E-state index in [2.05, 4.69) is 10.6 Å². The average molecular weight is 420 g/mol. The molecule has 0 atom stereocenters. The van der Waals surface area contributed by atoms with Crippen molar-refractivity contribution < 1.29 is 23.2 Å². The van der Waals surface area contributed by atoms with Crippen LogP contribution in [-0.4, -0.2) is 47.9 Å². The third-order valence-corrected chi connectivity index (χ3v) is 6.21. The monoisotopic (exact) mass is 420 g/mol. The predicted molar refractivity (Wildman–Crippen MR) is 107 cm³/mol. The zero-order chi connectivity index (χ0) is 21.3. The number of hydrogen-bond donors (Lipinski definition) is 2. The van der Waals surface area contributed by atoms with Crippen LogP contribution >= 0.6 is 0 Å². The van der Waals surface area contributed by atoms with E-state index in [0.717, 1.165) is 37.8 Å². The van der Waals surface area contributed by atoms with Crippen molar-refractivity contribution in [2.24, 2.45) is 0 Å². The van der Waals surface area contributed by atoms with Gasteiger partial charge in [0.2, 0.25) is 5.91 Å². The van der Waals surface area contributed by atoms with Crippen molar-refractivity contribution in [2.75, 3.05) is 29.9 Å². The molecule has 4 amide bonds. The third kappa shape index (κ3) is 3.85. The fraction of sp³-hybridized carbons (Fsp3) is 0.571. The number of carbonyl (C=O) groups is 3. The molecule has 1 aliphatic carbocycles. The summed E-state index contributed by atoms with van der Waals surface area (Å²) in [5, 5.41) is 5.29. The molecule has 1 aromatic rings. The Morgan fingerprint density at radius 2 is 1.70 bits per heavy atom. The van der Waals surface area contributed by atoms with Gasteiger partial charge in [-0.25, -0.2) is 13.6 Å². The zero-order valence-corrected chi connectivity index (χ0v) is 16.8. The molecule has 2 heterocycles. The fourth-order valence-corrected chi connectivity index (χ4v) is 4.70. The minimum absolute atomic E-state index is 0.0289. The van der Waals surface area contributed by atoms with Crippen LogP contribution in [0.1, 0.15) is 51.4 Å². The third-order valence-electron chi connectivity index (χ3n) is 6.21. The van der Waals surface area contributed by atoms with Gasteiger partial charge in [0.25, 0.3) is 5.91 Å². The van der Waals surface area contributed by atoms with Crippen LogP contribution in [0.25, 0.3) is 0 Å². The second kappa shape index (κ2) is 8.20. The number of hydrogen-bond acceptors (Lipinski definition) is 4. The summed E-state index contributed by atoms with van der Waals surface area (Å²) >= 11 is 0. The highest BCUT2D eigenvalue weighted by Crippen LogP contribution is 2.35. The number of anilines is 2. The van der Waals surface area contributed by atoms with Gasteiger partial charge in [0.15, 0.2) is 11.6 Å². The van der Waals surface area contributed by atoms with Crippen molar-refractivity contribution in [1.82, 2.24) is 10.2 Å². The van der Waals surface area contributed by atoms with Gasteiger partial charge in [0, 0.05) is 31.7 Å². The van der Waals surface area contributed by atoms with Crippen LogP contribution in [0.2, 0.25) is 0 Å². The highest BCUT2D eigenvalue weighted by Gasteiger charge is 2.52. The summed E-state index contributed by atoms with van der Waals surface area (Å²) in [4.78, 5) is 39.7. The van der Waals surface area contributed by atoms with E-state index < -0.39 is 29.1 Å². The number of amides is 4. The molecule has 4 rings (SSSR count). The van der Waals surface area contributed by atoms with E-state index in [1.807, 2.05) is 0 Å². The summed E-state index contributed by atoms with van der Waals surface area (Å²) in [5.41, 5.74) is -0.756. The first-order chi connectivity index (χ1) is 14.4. The Morgan fingerprint density at radius 3 is 2.33 bits per heavy atom. The van der Waals surface area contributed by atoms with Gasteiger partial charge in [0.05, 0.1) is 0 Å². The molecule has 3 fully saturated rings. The zero-order valence-electron chi connectivity index (χ0n) is 16.8. The summed E-state index contributed by atoms with van der Waals surface area (Å²) in [6, 6.07) is 1.83. The molecule has 3 aliphatic rings. The van der Waals surface area contributed by atoms with Gasteiger partial charge in [-0.2, -0.15) is 0 Å². The van der Waals surface area contributed by atoms with Gasteiger partial charge < -0.3 is 15.5 Å². The number of rotatable bonds is 6. The Labute approximate surface area is 173 Å². The molecule has 0 unspecified atom stereocenters. The van der Waals surface area contributed by atoms with Crippen LogP contribution < -0.4 is 15.5 Å². The quantitative estimate of drug-likeness (QED) is 0.693. The molecule has 1 spiro atoms. The van der Waals surface area contributed by atoms with Crippen molar-refractivity contribution in [2.45, 2.75) is 56.9 Å². The molecule has 9 heteroatoms. The van der Waals surface area contributed by atoms with Crippen molar-refractivity contribution in [3.05, 3.63) is 23.8 Å². The number of urea groups is 1. The van der Waals surface area contributed by atoms with Gasteiger partial charge in [0.1, 0.15) is 11.2 Å². The Hall–Kier alpha value is -2.71. The van der Waals surface area contributed by atoms with Gasteiger partial charge >= 0.3 is 6.03 Å². The van der Waals surface area contributed by atoms with Crippen LogP contribution in [0.15, 0.2) is 12.1 Å². The van der Waals surface area contributed by atoms with Crippen molar-refractivity contribution in [1.29, 1.82) is 0 Å². The number of carbonyl (C=O) groups excluding carboxylic acids is 3. The second-order valence-corrected chi connectivity index (χ2v) is 8.31. The molecule has 0 radical (unpaired) electrons. The number of halogens is 2. The molecule has 162 valence electrons. The molecular formula is C21H26F2N4O3. The molecule has 2 N–H and O–H groups in total. The maximum atomic E-state index is 14.4. The lowest BCUT2D eigenvalue weighted by Crippen LogP contribution is -2.44. The van der Waals surface area contributed by atoms with E-state index in [4.69, 9.17) is 0 Å². The molecule has 30 heavy (non-hydrogen) atoms. The Balaban J connectivity index is 1.30. The SMILES string of the molecule is O=C(CCCN1C(=O)NC2(CCCC2)C1=O)Nc1cc(F)c(N2CCCC2)c(F)c1. The summed E-state index contributed by atoms with van der Waals surface area (Å²) in [5.74, 6) is -2.04. The summed E-state index contributed by atoms with van der Waals surface area (Å²) in [7, 11) is 0. The predicted octanol–water partition coefficient (Wildman–Crippen LogP) is 3.15. The number of nitrogens with zero attached hydrogens (tertiary/aromatic N) is 2. The maximum absolute atomic E-state index is 14.4. The van der Waals surface area contributed by atoms with E-state index in [-0.39, 0.29) is 36.7 Å². The largest absolute Gasteiger partial charge is 0.367 e. The second-order valence-electron chi connectivity index (χ2n) is 8.31. The van der Waals surface area contributed by atoms with E-state index in [1.165, 1.54) is 4.90 Å². The first-order valence-electron chi connectivity index (χ1n) is 10.6. The summed E-state index contributed by atoms with van der Waals surface area (Å²) in [6.07, 6.45) is 5.22. The van der Waals surface area contributed by atoms with E-state index in [1.54, 1.807) is 4.90 Å². The molecular weight excluding hydrogens is 394 g/mol. The molecule has 0 bridgehead atoms. The Morgan fingerprint density at radius 1 is 1.07 bits per heavy atom. The highest BCUT2D eigenvalue weighted by molar-refractivity contribution is 6.07. The molecule has 2 saturated heterocycles. The average Bonchev–Trinajstić information content (AvgIpc) is 3.41. The maximum Gasteiger partial charge on any atom is 0.325 e. The first kappa shape index (κ1) is 20.6. The molecule has 1 saturated carbocycles. The van der Waals surface area contributed by atoms with Gasteiger partial charge in [-0.15, -0.1) is 0 Å². The Kier molecular flexibility index (Phi) is 5.62. The standard InChI is InChI=1S/C21H26F2N4O3/c22-15-12-14(13-16(23)18(15)26-9-3-4-10-26)24-17(28)6-5-11-27-19(29)21(25-20(27)30)7-1-2-8-21/h12-13H,1-11H2,(H,24,28)(H,25,30). The number of nitrogens with one attached hydrogen (secondary N) is 2. The fourth-order valence-electron chi connectivity index (χ4n) is 4.70. The van der Waals surface area contributed by atoms with Gasteiger partial charge in [-0.1, -0.05) is 12.8 Å². The highest BCUT2D eigenvalue weighted by atomic mass is 19.1. The van der Waals surface area contributed by atoms with Gasteiger partial charge in [-0.3, -0.25) is 14.5 Å². The van der Waals surface area contributed by atoms with Gasteiger partial charge in [-0.05, 0) is 44.2 Å². The topological polar surface area (TPSA) is 81.8 Å². The van der Waals surface area contributed by atoms with Crippen molar-refractivity contribution in [3.8, 4) is 0 Å². The molecule has 1 aromatic carbocycles. The van der Waals surface area contributed by atoms with E-state index >= 15 is 0 Å². The Bertz CT molecular complexity index is 841. The molecule has 0 aromatic heterocycles. The van der Waals surface area contributed by atoms with Crippen LogP contribution in [0.4, 0.5) is 25.0 Å². The van der Waals surface area contributed by atoms with Crippen LogP contribution in [-0.2, 0) is 9.59 Å². The summed E-state index contributed by atoms with van der Waals surface area (Å²) < 4.78 is 28.8. The normalized spacial score (nSPS) is 20.3. The van der Waals surface area contributed by atoms with Crippen LogP contribution in [0.5, 0.6) is 0 Å². The number of benzene rings is 1. The van der Waals surface area contributed by atoms with Crippen molar-refractivity contribution >= 4 is 29.2 Å². The molecule has 7 nitrogen and oxygen atoms in total. The lowest BCUT2D eigenvalue weighted by Gasteiger charge is -2.20. The van der Waals surface area contributed by atoms with Crippen molar-refractivity contribution in [3.63, 3.8) is 0 Å².